The summed E-state index contributed by atoms with van der Waals surface area (Å²) < 4.78 is 5.47. The monoisotopic (exact) mass is 333 g/mol. The number of amides is 2. The van der Waals surface area contributed by atoms with E-state index < -0.39 is 6.23 Å². The Labute approximate surface area is 143 Å². The molecular formula is C19H27NO4. The number of nitrogens with zero attached hydrogens (tertiary/aromatic N) is 1. The van der Waals surface area contributed by atoms with Crippen molar-refractivity contribution >= 4 is 17.8 Å². The van der Waals surface area contributed by atoms with Crippen LogP contribution in [0.15, 0.2) is 22.8 Å². The highest BCUT2D eigenvalue weighted by atomic mass is 16.6. The van der Waals surface area contributed by atoms with Gasteiger partial charge in [-0.3, -0.25) is 14.4 Å². The van der Waals surface area contributed by atoms with Gasteiger partial charge in [0.05, 0.1) is 12.3 Å². The molecule has 2 rings (SSSR count). The molecular weight excluding hydrogens is 306 g/mol. The second-order valence-electron chi connectivity index (χ2n) is 7.13. The third-order valence-corrected chi connectivity index (χ3v) is 4.52. The van der Waals surface area contributed by atoms with E-state index in [1.54, 1.807) is 6.08 Å². The smallest absolute Gasteiger partial charge is 0.310 e. The average Bonchev–Trinajstić information content (AvgIpc) is 2.52. The molecule has 2 aliphatic rings. The zero-order chi connectivity index (χ0) is 17.9. The van der Waals surface area contributed by atoms with Gasteiger partial charge in [0.1, 0.15) is 0 Å². The van der Waals surface area contributed by atoms with Crippen LogP contribution < -0.4 is 0 Å². The van der Waals surface area contributed by atoms with Crippen molar-refractivity contribution in [2.24, 2.45) is 5.92 Å². The molecule has 2 fully saturated rings. The van der Waals surface area contributed by atoms with E-state index >= 15 is 0 Å². The number of carbonyl (C=O) groups is 3. The third kappa shape index (κ3) is 4.13. The Morgan fingerprint density at radius 1 is 1.08 bits per heavy atom. The number of allylic oxidation sites excluding steroid dienone is 2. The van der Waals surface area contributed by atoms with Gasteiger partial charge in [0.2, 0.25) is 5.91 Å². The molecule has 24 heavy (non-hydrogen) atoms. The van der Waals surface area contributed by atoms with Crippen molar-refractivity contribution in [3.05, 3.63) is 22.8 Å². The van der Waals surface area contributed by atoms with E-state index in [-0.39, 0.29) is 30.1 Å². The van der Waals surface area contributed by atoms with E-state index in [2.05, 4.69) is 0 Å². The predicted octanol–water partition coefficient (Wildman–Crippen LogP) is 3.50. The molecule has 132 valence electrons. The fourth-order valence-electron chi connectivity index (χ4n) is 3.13. The molecule has 1 saturated carbocycles. The Hall–Kier alpha value is -1.91. The van der Waals surface area contributed by atoms with Crippen molar-refractivity contribution in [3.63, 3.8) is 0 Å². The first-order chi connectivity index (χ1) is 11.3. The fourth-order valence-corrected chi connectivity index (χ4v) is 3.13. The Morgan fingerprint density at radius 2 is 1.71 bits per heavy atom. The molecule has 5 nitrogen and oxygen atoms in total. The Morgan fingerprint density at radius 3 is 2.21 bits per heavy atom. The van der Waals surface area contributed by atoms with Gasteiger partial charge in [0.15, 0.2) is 6.23 Å². The van der Waals surface area contributed by atoms with Crippen LogP contribution in [-0.2, 0) is 19.1 Å². The summed E-state index contributed by atoms with van der Waals surface area (Å²) in [6.45, 7) is 7.46. The topological polar surface area (TPSA) is 63.7 Å². The number of esters is 1. The summed E-state index contributed by atoms with van der Waals surface area (Å²) in [6, 6.07) is 0. The van der Waals surface area contributed by atoms with Gasteiger partial charge in [-0.05, 0) is 40.5 Å². The van der Waals surface area contributed by atoms with Crippen molar-refractivity contribution in [3.8, 4) is 0 Å². The van der Waals surface area contributed by atoms with E-state index in [9.17, 15) is 14.4 Å². The van der Waals surface area contributed by atoms with Gasteiger partial charge in [-0.25, -0.2) is 4.90 Å². The van der Waals surface area contributed by atoms with Crippen LogP contribution >= 0.6 is 0 Å². The second kappa shape index (κ2) is 7.77. The first-order valence-electron chi connectivity index (χ1n) is 8.70. The normalized spacial score (nSPS) is 20.9. The predicted molar refractivity (Wildman–Crippen MR) is 90.7 cm³/mol. The van der Waals surface area contributed by atoms with Crippen molar-refractivity contribution < 1.29 is 19.1 Å². The number of imide groups is 1. The highest BCUT2D eigenvalue weighted by Crippen LogP contribution is 2.29. The van der Waals surface area contributed by atoms with Crippen LogP contribution in [0.2, 0.25) is 0 Å². The molecule has 0 radical (unpaired) electrons. The molecule has 0 N–H and O–H groups in total. The standard InChI is InChI=1S/C19H27NO4/c1-12(2)10-15(13(3)4)18(22)20-16(21)11-17(20)24-19(23)14-8-6-5-7-9-14/h10,14,17H,5-9,11H2,1-4H3. The summed E-state index contributed by atoms with van der Waals surface area (Å²) in [5.74, 6) is -1.03. The molecule has 1 aliphatic heterocycles. The quantitative estimate of drug-likeness (QED) is 0.342. The molecule has 5 heteroatoms. The van der Waals surface area contributed by atoms with E-state index in [1.165, 1.54) is 0 Å². The van der Waals surface area contributed by atoms with Crippen LogP contribution in [0.25, 0.3) is 0 Å². The second-order valence-corrected chi connectivity index (χ2v) is 7.13. The number of hydrogen-bond acceptors (Lipinski definition) is 4. The fraction of sp³-hybridized carbons (Fsp3) is 0.632. The molecule has 1 heterocycles. The van der Waals surface area contributed by atoms with Crippen molar-refractivity contribution in [1.29, 1.82) is 0 Å². The Kier molecular flexibility index (Phi) is 5.97. The first-order valence-corrected chi connectivity index (χ1v) is 8.70. The van der Waals surface area contributed by atoms with E-state index in [1.807, 2.05) is 27.7 Å². The molecule has 0 aromatic heterocycles. The lowest BCUT2D eigenvalue weighted by Gasteiger charge is -2.38. The van der Waals surface area contributed by atoms with Gasteiger partial charge < -0.3 is 4.74 Å². The number of likely N-dealkylation sites (tertiary alicyclic amines) is 1. The van der Waals surface area contributed by atoms with Crippen LogP contribution in [0, 0.1) is 5.92 Å². The SMILES string of the molecule is CC(C)=CC(C(=O)N1C(=O)CC1OC(=O)C1CCCCC1)=C(C)C. The highest BCUT2D eigenvalue weighted by molar-refractivity contribution is 6.09. The summed E-state index contributed by atoms with van der Waals surface area (Å²) in [4.78, 5) is 38.0. The molecule has 0 aromatic carbocycles. The summed E-state index contributed by atoms with van der Waals surface area (Å²) in [6.07, 6.45) is 6.01. The van der Waals surface area contributed by atoms with Crippen LogP contribution in [-0.4, -0.2) is 28.9 Å². The Bertz CT molecular complexity index is 588. The minimum atomic E-state index is -0.751. The average molecular weight is 333 g/mol. The number of hydrogen-bond donors (Lipinski definition) is 0. The molecule has 0 aromatic rings. The van der Waals surface area contributed by atoms with E-state index in [0.29, 0.717) is 5.57 Å². The lowest BCUT2D eigenvalue weighted by molar-refractivity contribution is -0.189. The maximum absolute atomic E-state index is 12.7. The molecule has 0 bridgehead atoms. The summed E-state index contributed by atoms with van der Waals surface area (Å²) in [5.41, 5.74) is 2.29. The summed E-state index contributed by atoms with van der Waals surface area (Å²) in [7, 11) is 0. The molecule has 1 atom stereocenters. The van der Waals surface area contributed by atoms with Gasteiger partial charge in [0, 0.05) is 5.57 Å². The highest BCUT2D eigenvalue weighted by Gasteiger charge is 2.45. The Balaban J connectivity index is 2.07. The van der Waals surface area contributed by atoms with Gasteiger partial charge in [-0.15, -0.1) is 0 Å². The van der Waals surface area contributed by atoms with Crippen LogP contribution in [0.4, 0.5) is 0 Å². The maximum atomic E-state index is 12.7. The minimum Gasteiger partial charge on any atom is -0.440 e. The zero-order valence-electron chi connectivity index (χ0n) is 15.1. The van der Waals surface area contributed by atoms with E-state index in [0.717, 1.165) is 48.2 Å². The van der Waals surface area contributed by atoms with Gasteiger partial charge in [-0.2, -0.15) is 0 Å². The number of rotatable bonds is 4. The van der Waals surface area contributed by atoms with E-state index in [4.69, 9.17) is 4.74 Å². The summed E-state index contributed by atoms with van der Waals surface area (Å²) >= 11 is 0. The number of ether oxygens (including phenoxy) is 1. The third-order valence-electron chi connectivity index (χ3n) is 4.52. The van der Waals surface area contributed by atoms with Crippen molar-refractivity contribution in [1.82, 2.24) is 4.90 Å². The van der Waals surface area contributed by atoms with Gasteiger partial charge >= 0.3 is 5.97 Å². The molecule has 2 amide bonds. The van der Waals surface area contributed by atoms with Gasteiger partial charge in [-0.1, -0.05) is 36.5 Å². The van der Waals surface area contributed by atoms with Crippen LogP contribution in [0.1, 0.15) is 66.2 Å². The van der Waals surface area contributed by atoms with Gasteiger partial charge in [0.25, 0.3) is 5.91 Å². The first kappa shape index (κ1) is 18.4. The lowest BCUT2D eigenvalue weighted by Crippen LogP contribution is -2.58. The molecule has 1 unspecified atom stereocenters. The largest absolute Gasteiger partial charge is 0.440 e. The molecule has 1 saturated heterocycles. The molecule has 0 spiro atoms. The molecule has 1 aliphatic carbocycles. The zero-order valence-corrected chi connectivity index (χ0v) is 15.1. The lowest BCUT2D eigenvalue weighted by atomic mass is 9.89. The minimum absolute atomic E-state index is 0.0906. The van der Waals surface area contributed by atoms with Crippen molar-refractivity contribution in [2.75, 3.05) is 0 Å². The maximum Gasteiger partial charge on any atom is 0.310 e. The van der Waals surface area contributed by atoms with Crippen LogP contribution in [0.3, 0.4) is 0 Å². The van der Waals surface area contributed by atoms with Crippen molar-refractivity contribution in [2.45, 2.75) is 72.4 Å². The van der Waals surface area contributed by atoms with Crippen LogP contribution in [0.5, 0.6) is 0 Å². The number of carbonyl (C=O) groups excluding carboxylic acids is 3. The summed E-state index contributed by atoms with van der Waals surface area (Å²) in [5, 5.41) is 0. The number of β-lactam (4-membered cyclic amide) rings is 1.